The molecule has 0 spiro atoms. The molecule has 1 rings (SSSR count). The zero-order valence-electron chi connectivity index (χ0n) is 14.5. The SMILES string of the molecule is CC(C)=CCC[C@@H](C)[C@@H]1CCC(C)=CCC=C(C=O)[C@@H]1C=O. The van der Waals surface area contributed by atoms with Crippen molar-refractivity contribution >= 4 is 12.6 Å². The van der Waals surface area contributed by atoms with Crippen LogP contribution in [0.3, 0.4) is 0 Å². The molecule has 22 heavy (non-hydrogen) atoms. The minimum Gasteiger partial charge on any atom is -0.303 e. The standard InChI is InChI=1S/C20H30O2/c1-15(2)7-5-9-17(4)19-12-11-16(3)8-6-10-18(13-21)20(19)14-22/h7-8,10,13-14,17,19-20H,5-6,9,11-12H2,1-4H3/t17-,19+,20+/m1/s1. The van der Waals surface area contributed by atoms with E-state index in [0.29, 0.717) is 11.5 Å². The fourth-order valence-corrected chi connectivity index (χ4v) is 3.25. The molecule has 122 valence electrons. The van der Waals surface area contributed by atoms with E-state index in [0.717, 1.165) is 44.7 Å². The second-order valence-corrected chi connectivity index (χ2v) is 6.81. The summed E-state index contributed by atoms with van der Waals surface area (Å²) >= 11 is 0. The third kappa shape index (κ3) is 5.75. The topological polar surface area (TPSA) is 34.1 Å². The second-order valence-electron chi connectivity index (χ2n) is 6.81. The predicted molar refractivity (Wildman–Crippen MR) is 92.6 cm³/mol. The average molecular weight is 302 g/mol. The Morgan fingerprint density at radius 1 is 1.32 bits per heavy atom. The van der Waals surface area contributed by atoms with E-state index in [1.54, 1.807) is 0 Å². The van der Waals surface area contributed by atoms with E-state index in [2.05, 4.69) is 39.8 Å². The molecule has 0 saturated heterocycles. The summed E-state index contributed by atoms with van der Waals surface area (Å²) in [4.78, 5) is 23.1. The highest BCUT2D eigenvalue weighted by molar-refractivity contribution is 5.81. The molecular formula is C20H30O2. The van der Waals surface area contributed by atoms with Crippen LogP contribution in [0.5, 0.6) is 0 Å². The molecule has 0 aromatic carbocycles. The maximum atomic E-state index is 11.7. The van der Waals surface area contributed by atoms with E-state index >= 15 is 0 Å². The Morgan fingerprint density at radius 2 is 2.05 bits per heavy atom. The Labute approximate surface area is 135 Å². The number of aldehydes is 2. The first-order valence-corrected chi connectivity index (χ1v) is 8.39. The number of hydrogen-bond acceptors (Lipinski definition) is 2. The van der Waals surface area contributed by atoms with Gasteiger partial charge in [0.1, 0.15) is 12.6 Å². The molecule has 0 N–H and O–H groups in total. The van der Waals surface area contributed by atoms with Crippen LogP contribution in [0.4, 0.5) is 0 Å². The largest absolute Gasteiger partial charge is 0.303 e. The van der Waals surface area contributed by atoms with Gasteiger partial charge in [0.25, 0.3) is 0 Å². The Kier molecular flexibility index (Phi) is 8.08. The number of hydrogen-bond donors (Lipinski definition) is 0. The molecule has 1 aliphatic carbocycles. The first kappa shape index (κ1) is 18.6. The highest BCUT2D eigenvalue weighted by Crippen LogP contribution is 2.34. The molecule has 0 fully saturated rings. The molecule has 0 aliphatic heterocycles. The van der Waals surface area contributed by atoms with Gasteiger partial charge >= 0.3 is 0 Å². The highest BCUT2D eigenvalue weighted by Gasteiger charge is 2.29. The monoisotopic (exact) mass is 302 g/mol. The van der Waals surface area contributed by atoms with Gasteiger partial charge < -0.3 is 4.79 Å². The summed E-state index contributed by atoms with van der Waals surface area (Å²) < 4.78 is 0. The van der Waals surface area contributed by atoms with Crippen LogP contribution in [0.15, 0.2) is 34.9 Å². The molecule has 3 atom stereocenters. The van der Waals surface area contributed by atoms with Gasteiger partial charge in [0, 0.05) is 5.92 Å². The molecule has 0 bridgehead atoms. The van der Waals surface area contributed by atoms with Gasteiger partial charge in [-0.05, 0) is 70.3 Å². The molecular weight excluding hydrogens is 272 g/mol. The second kappa shape index (κ2) is 9.55. The van der Waals surface area contributed by atoms with Crippen molar-refractivity contribution in [3.05, 3.63) is 34.9 Å². The van der Waals surface area contributed by atoms with Crippen LogP contribution in [0.2, 0.25) is 0 Å². The lowest BCUT2D eigenvalue weighted by atomic mass is 9.75. The van der Waals surface area contributed by atoms with Crippen LogP contribution >= 0.6 is 0 Å². The first-order valence-electron chi connectivity index (χ1n) is 8.39. The molecule has 0 amide bonds. The minimum atomic E-state index is -0.251. The van der Waals surface area contributed by atoms with Gasteiger partial charge in [0.15, 0.2) is 0 Å². The number of rotatable bonds is 6. The third-order valence-electron chi connectivity index (χ3n) is 4.73. The van der Waals surface area contributed by atoms with E-state index < -0.39 is 0 Å². The summed E-state index contributed by atoms with van der Waals surface area (Å²) in [6.07, 6.45) is 13.1. The molecule has 0 radical (unpaired) electrons. The third-order valence-corrected chi connectivity index (χ3v) is 4.73. The predicted octanol–water partition coefficient (Wildman–Crippen LogP) is 5.06. The van der Waals surface area contributed by atoms with Gasteiger partial charge in [0.2, 0.25) is 0 Å². The van der Waals surface area contributed by atoms with E-state index in [1.165, 1.54) is 11.1 Å². The summed E-state index contributed by atoms with van der Waals surface area (Å²) in [5.74, 6) is 0.430. The molecule has 0 aromatic rings. The van der Waals surface area contributed by atoms with Crippen LogP contribution in [0, 0.1) is 17.8 Å². The number of allylic oxidation sites excluding steroid dienone is 6. The van der Waals surface area contributed by atoms with E-state index in [4.69, 9.17) is 0 Å². The van der Waals surface area contributed by atoms with Crippen molar-refractivity contribution in [1.82, 2.24) is 0 Å². The average Bonchev–Trinajstić information content (AvgIpc) is 2.55. The molecule has 0 unspecified atom stereocenters. The van der Waals surface area contributed by atoms with Crippen LogP contribution in [0.1, 0.15) is 59.8 Å². The Balaban J connectivity index is 2.93. The fraction of sp³-hybridized carbons (Fsp3) is 0.600. The highest BCUT2D eigenvalue weighted by atomic mass is 16.1. The van der Waals surface area contributed by atoms with Crippen molar-refractivity contribution in [2.45, 2.75) is 59.8 Å². The minimum absolute atomic E-state index is 0.251. The zero-order chi connectivity index (χ0) is 16.5. The quantitative estimate of drug-likeness (QED) is 0.508. The van der Waals surface area contributed by atoms with Crippen LogP contribution in [-0.4, -0.2) is 12.6 Å². The van der Waals surface area contributed by atoms with Crippen molar-refractivity contribution in [2.75, 3.05) is 0 Å². The molecule has 0 heterocycles. The Hall–Kier alpha value is -1.44. The lowest BCUT2D eigenvalue weighted by molar-refractivity contribution is -0.114. The molecule has 2 heteroatoms. The van der Waals surface area contributed by atoms with E-state index in [-0.39, 0.29) is 11.8 Å². The fourth-order valence-electron chi connectivity index (χ4n) is 3.25. The summed E-state index contributed by atoms with van der Waals surface area (Å²) in [6.45, 7) is 8.58. The van der Waals surface area contributed by atoms with Gasteiger partial charge in [-0.2, -0.15) is 0 Å². The smallest absolute Gasteiger partial charge is 0.146 e. The summed E-state index contributed by atoms with van der Waals surface area (Å²) in [7, 11) is 0. The van der Waals surface area contributed by atoms with Gasteiger partial charge in [-0.1, -0.05) is 36.3 Å². The van der Waals surface area contributed by atoms with Crippen molar-refractivity contribution in [2.24, 2.45) is 17.8 Å². The van der Waals surface area contributed by atoms with Crippen molar-refractivity contribution in [1.29, 1.82) is 0 Å². The summed E-state index contributed by atoms with van der Waals surface area (Å²) in [5.41, 5.74) is 3.36. The zero-order valence-corrected chi connectivity index (χ0v) is 14.5. The van der Waals surface area contributed by atoms with Gasteiger partial charge in [-0.15, -0.1) is 0 Å². The maximum Gasteiger partial charge on any atom is 0.146 e. The van der Waals surface area contributed by atoms with Crippen LogP contribution < -0.4 is 0 Å². The molecule has 0 saturated carbocycles. The number of carbonyl (C=O) groups excluding carboxylic acids is 2. The number of carbonyl (C=O) groups is 2. The van der Waals surface area contributed by atoms with E-state index in [9.17, 15) is 9.59 Å². The lowest BCUT2D eigenvalue weighted by Crippen LogP contribution is -2.25. The summed E-state index contributed by atoms with van der Waals surface area (Å²) in [5, 5.41) is 0. The van der Waals surface area contributed by atoms with Crippen LogP contribution in [0.25, 0.3) is 0 Å². The van der Waals surface area contributed by atoms with Gasteiger partial charge in [-0.25, -0.2) is 0 Å². The maximum absolute atomic E-state index is 11.7. The van der Waals surface area contributed by atoms with Crippen LogP contribution in [-0.2, 0) is 9.59 Å². The summed E-state index contributed by atoms with van der Waals surface area (Å²) in [6, 6.07) is 0. The normalized spacial score (nSPS) is 24.0. The van der Waals surface area contributed by atoms with Gasteiger partial charge in [0.05, 0.1) is 0 Å². The molecule has 1 aliphatic rings. The van der Waals surface area contributed by atoms with Crippen molar-refractivity contribution in [3.63, 3.8) is 0 Å². The first-order chi connectivity index (χ1) is 10.5. The van der Waals surface area contributed by atoms with E-state index in [1.807, 2.05) is 6.08 Å². The Morgan fingerprint density at radius 3 is 2.64 bits per heavy atom. The Bertz CT molecular complexity index is 464. The lowest BCUT2D eigenvalue weighted by Gasteiger charge is -2.29. The van der Waals surface area contributed by atoms with Crippen molar-refractivity contribution < 1.29 is 9.59 Å². The van der Waals surface area contributed by atoms with Crippen molar-refractivity contribution in [3.8, 4) is 0 Å². The molecule has 0 aromatic heterocycles. The molecule has 2 nitrogen and oxygen atoms in total. The van der Waals surface area contributed by atoms with Gasteiger partial charge in [-0.3, -0.25) is 4.79 Å².